The molecule has 1 fully saturated rings. The van der Waals surface area contributed by atoms with Gasteiger partial charge in [0.05, 0.1) is 5.69 Å². The molecule has 2 aromatic carbocycles. The number of piperazine rings is 1. The fourth-order valence-corrected chi connectivity index (χ4v) is 4.37. The zero-order valence-corrected chi connectivity index (χ0v) is 14.3. The quantitative estimate of drug-likeness (QED) is 0.820. The van der Waals surface area contributed by atoms with Crippen molar-refractivity contribution < 1.29 is 21.6 Å². The van der Waals surface area contributed by atoms with E-state index in [-0.39, 0.29) is 31.7 Å². The molecule has 0 aliphatic carbocycles. The highest BCUT2D eigenvalue weighted by Gasteiger charge is 2.31. The summed E-state index contributed by atoms with van der Waals surface area (Å²) in [5, 5.41) is 9.12. The van der Waals surface area contributed by atoms with Gasteiger partial charge in [0.2, 0.25) is 10.0 Å². The summed E-state index contributed by atoms with van der Waals surface area (Å²) in [6.07, 6.45) is 0. The van der Waals surface area contributed by atoms with Crippen LogP contribution in [0.15, 0.2) is 41.3 Å². The lowest BCUT2D eigenvalue weighted by atomic mass is 10.1. The molecule has 1 aliphatic rings. The Bertz CT molecular complexity index is 981. The number of halogens is 3. The molecule has 5 nitrogen and oxygen atoms in total. The molecule has 3 rings (SSSR count). The third-order valence-corrected chi connectivity index (χ3v) is 6.11. The number of benzene rings is 2. The Morgan fingerprint density at radius 2 is 1.65 bits per heavy atom. The van der Waals surface area contributed by atoms with E-state index in [1.165, 1.54) is 12.1 Å². The number of hydrogen-bond donors (Lipinski definition) is 0. The van der Waals surface area contributed by atoms with E-state index in [0.29, 0.717) is 11.8 Å². The molecule has 0 radical (unpaired) electrons. The van der Waals surface area contributed by atoms with Crippen LogP contribution in [0.4, 0.5) is 18.9 Å². The molecular formula is C17H14F3N3O2S. The van der Waals surface area contributed by atoms with Crippen molar-refractivity contribution in [3.63, 3.8) is 0 Å². The van der Waals surface area contributed by atoms with Gasteiger partial charge in [-0.1, -0.05) is 6.07 Å². The first-order chi connectivity index (χ1) is 12.3. The predicted molar refractivity (Wildman–Crippen MR) is 88.4 cm³/mol. The summed E-state index contributed by atoms with van der Waals surface area (Å²) < 4.78 is 67.1. The van der Waals surface area contributed by atoms with Crippen LogP contribution in [0.1, 0.15) is 5.56 Å². The maximum Gasteiger partial charge on any atom is 0.246 e. The van der Waals surface area contributed by atoms with Gasteiger partial charge in [-0.25, -0.2) is 21.6 Å². The van der Waals surface area contributed by atoms with Gasteiger partial charge in [0, 0.05) is 26.2 Å². The molecule has 136 valence electrons. The topological polar surface area (TPSA) is 64.4 Å². The van der Waals surface area contributed by atoms with E-state index in [4.69, 9.17) is 5.26 Å². The second-order valence-electron chi connectivity index (χ2n) is 5.71. The van der Waals surface area contributed by atoms with Crippen molar-refractivity contribution in [3.05, 3.63) is 59.4 Å². The van der Waals surface area contributed by atoms with Crippen LogP contribution in [0.2, 0.25) is 0 Å². The van der Waals surface area contributed by atoms with Gasteiger partial charge in [-0.15, -0.1) is 0 Å². The molecule has 0 saturated carbocycles. The van der Waals surface area contributed by atoms with E-state index in [0.717, 1.165) is 16.4 Å². The minimum Gasteiger partial charge on any atom is -0.368 e. The van der Waals surface area contributed by atoms with Crippen molar-refractivity contribution in [1.82, 2.24) is 4.31 Å². The Kier molecular flexibility index (Phi) is 4.89. The number of nitrogens with zero attached hydrogens (tertiary/aromatic N) is 3. The van der Waals surface area contributed by atoms with E-state index in [9.17, 15) is 21.6 Å². The molecule has 2 aromatic rings. The summed E-state index contributed by atoms with van der Waals surface area (Å²) in [6, 6.07) is 8.29. The second kappa shape index (κ2) is 6.97. The first-order valence-corrected chi connectivity index (χ1v) is 9.17. The maximum atomic E-state index is 13.8. The monoisotopic (exact) mass is 381 g/mol. The normalized spacial score (nSPS) is 15.7. The standard InChI is InChI=1S/C17H14F3N3O2S/c18-12-4-5-15(20)17(10-12)26(24,25)23-8-6-22(7-9-23)16-3-1-2-14(19)13(16)11-21/h1-5,10H,6-9H2. The Morgan fingerprint density at radius 3 is 2.31 bits per heavy atom. The van der Waals surface area contributed by atoms with Crippen LogP contribution < -0.4 is 4.90 Å². The smallest absolute Gasteiger partial charge is 0.246 e. The Balaban J connectivity index is 1.82. The molecule has 1 aliphatic heterocycles. The van der Waals surface area contributed by atoms with Gasteiger partial charge in [-0.3, -0.25) is 0 Å². The number of nitriles is 1. The summed E-state index contributed by atoms with van der Waals surface area (Å²) in [6.45, 7) is 0.377. The SMILES string of the molecule is N#Cc1c(F)cccc1N1CCN(S(=O)(=O)c2cc(F)ccc2F)CC1. The zero-order chi connectivity index (χ0) is 18.9. The average molecular weight is 381 g/mol. The number of hydrogen-bond acceptors (Lipinski definition) is 4. The molecule has 1 heterocycles. The van der Waals surface area contributed by atoms with Crippen molar-refractivity contribution >= 4 is 15.7 Å². The fraction of sp³-hybridized carbons (Fsp3) is 0.235. The van der Waals surface area contributed by atoms with Crippen LogP contribution in [0, 0.1) is 28.8 Å². The molecule has 0 aromatic heterocycles. The number of sulfonamides is 1. The molecule has 0 spiro atoms. The van der Waals surface area contributed by atoms with Crippen LogP contribution in [0.5, 0.6) is 0 Å². The van der Waals surface area contributed by atoms with E-state index < -0.39 is 32.4 Å². The first kappa shape index (κ1) is 18.2. The van der Waals surface area contributed by atoms with E-state index in [1.54, 1.807) is 17.0 Å². The molecule has 26 heavy (non-hydrogen) atoms. The van der Waals surface area contributed by atoms with Gasteiger partial charge in [-0.05, 0) is 30.3 Å². The third-order valence-electron chi connectivity index (χ3n) is 4.19. The van der Waals surface area contributed by atoms with Gasteiger partial charge >= 0.3 is 0 Å². The molecule has 9 heteroatoms. The summed E-state index contributed by atoms with van der Waals surface area (Å²) >= 11 is 0. The highest BCUT2D eigenvalue weighted by Crippen LogP contribution is 2.26. The zero-order valence-electron chi connectivity index (χ0n) is 13.5. The van der Waals surface area contributed by atoms with Crippen LogP contribution in [0.25, 0.3) is 0 Å². The van der Waals surface area contributed by atoms with Crippen molar-refractivity contribution in [2.75, 3.05) is 31.1 Å². The van der Waals surface area contributed by atoms with E-state index >= 15 is 0 Å². The lowest BCUT2D eigenvalue weighted by Gasteiger charge is -2.35. The average Bonchev–Trinajstić information content (AvgIpc) is 2.63. The first-order valence-electron chi connectivity index (χ1n) is 7.73. The molecule has 0 N–H and O–H groups in total. The van der Waals surface area contributed by atoms with Crippen LogP contribution in [0.3, 0.4) is 0 Å². The lowest BCUT2D eigenvalue weighted by Crippen LogP contribution is -2.49. The summed E-state index contributed by atoms with van der Waals surface area (Å²) in [5.74, 6) is -2.52. The lowest BCUT2D eigenvalue weighted by molar-refractivity contribution is 0.381. The predicted octanol–water partition coefficient (Wildman–Crippen LogP) is 2.49. The molecule has 0 bridgehead atoms. The minimum atomic E-state index is -4.19. The van der Waals surface area contributed by atoms with Crippen LogP contribution in [-0.4, -0.2) is 38.9 Å². The van der Waals surface area contributed by atoms with Crippen molar-refractivity contribution in [3.8, 4) is 6.07 Å². The molecule has 0 atom stereocenters. The van der Waals surface area contributed by atoms with Gasteiger partial charge < -0.3 is 4.90 Å². The Morgan fingerprint density at radius 1 is 0.962 bits per heavy atom. The largest absolute Gasteiger partial charge is 0.368 e. The summed E-state index contributed by atoms with van der Waals surface area (Å²) in [4.78, 5) is 0.977. The highest BCUT2D eigenvalue weighted by atomic mass is 32.2. The molecular weight excluding hydrogens is 367 g/mol. The summed E-state index contributed by atoms with van der Waals surface area (Å²) in [7, 11) is -4.19. The number of rotatable bonds is 3. The molecule has 0 amide bonds. The van der Waals surface area contributed by atoms with Gasteiger partial charge in [0.25, 0.3) is 0 Å². The van der Waals surface area contributed by atoms with Crippen LogP contribution >= 0.6 is 0 Å². The summed E-state index contributed by atoms with van der Waals surface area (Å²) in [5.41, 5.74) is 0.265. The van der Waals surface area contributed by atoms with E-state index in [1.807, 2.05) is 0 Å². The number of anilines is 1. The molecule has 1 saturated heterocycles. The van der Waals surface area contributed by atoms with Gasteiger partial charge in [-0.2, -0.15) is 9.57 Å². The van der Waals surface area contributed by atoms with Crippen LogP contribution in [-0.2, 0) is 10.0 Å². The van der Waals surface area contributed by atoms with Crippen molar-refractivity contribution in [1.29, 1.82) is 5.26 Å². The highest BCUT2D eigenvalue weighted by molar-refractivity contribution is 7.89. The minimum absolute atomic E-state index is 0.000329. The molecule has 0 unspecified atom stereocenters. The second-order valence-corrected chi connectivity index (χ2v) is 7.62. The van der Waals surface area contributed by atoms with Gasteiger partial charge in [0.1, 0.15) is 34.0 Å². The van der Waals surface area contributed by atoms with Crippen molar-refractivity contribution in [2.45, 2.75) is 4.90 Å². The Hall–Kier alpha value is -2.57. The van der Waals surface area contributed by atoms with Crippen molar-refractivity contribution in [2.24, 2.45) is 0 Å². The third kappa shape index (κ3) is 3.25. The Labute approximate surface area is 148 Å². The maximum absolute atomic E-state index is 13.8. The van der Waals surface area contributed by atoms with E-state index in [2.05, 4.69) is 0 Å². The van der Waals surface area contributed by atoms with Gasteiger partial charge in [0.15, 0.2) is 0 Å². The fourth-order valence-electron chi connectivity index (χ4n) is 2.87.